The van der Waals surface area contributed by atoms with Crippen LogP contribution in [0.15, 0.2) is 36.0 Å². The Hall–Kier alpha value is -1.57. The fourth-order valence-corrected chi connectivity index (χ4v) is 1.05. The molecule has 0 atom stereocenters. The highest BCUT2D eigenvalue weighted by Gasteiger charge is 1.95. The lowest BCUT2D eigenvalue weighted by atomic mass is 10.1. The maximum Gasteiger partial charge on any atom is 0.126 e. The van der Waals surface area contributed by atoms with E-state index in [1.165, 1.54) is 12.3 Å². The Labute approximate surface area is 83.7 Å². The van der Waals surface area contributed by atoms with Crippen LogP contribution in [0.4, 0.5) is 4.39 Å². The third-order valence-corrected chi connectivity index (χ3v) is 1.98. The van der Waals surface area contributed by atoms with Crippen molar-refractivity contribution in [2.24, 2.45) is 5.73 Å². The summed E-state index contributed by atoms with van der Waals surface area (Å²) < 4.78 is 12.9. The van der Waals surface area contributed by atoms with Crippen LogP contribution in [0.25, 0.3) is 6.08 Å². The molecule has 0 aliphatic heterocycles. The third kappa shape index (κ3) is 2.73. The van der Waals surface area contributed by atoms with Gasteiger partial charge in [0.15, 0.2) is 0 Å². The van der Waals surface area contributed by atoms with Crippen LogP contribution in [0.1, 0.15) is 18.1 Å². The van der Waals surface area contributed by atoms with Crippen LogP contribution >= 0.6 is 0 Å². The van der Waals surface area contributed by atoms with Gasteiger partial charge in [-0.2, -0.15) is 0 Å². The fourth-order valence-electron chi connectivity index (χ4n) is 1.05. The van der Waals surface area contributed by atoms with Crippen molar-refractivity contribution in [3.8, 4) is 0 Å². The summed E-state index contributed by atoms with van der Waals surface area (Å²) in [6.07, 6.45) is 5.34. The summed E-state index contributed by atoms with van der Waals surface area (Å²) in [7, 11) is 0. The number of benzene rings is 1. The summed E-state index contributed by atoms with van der Waals surface area (Å²) in [5.74, 6) is -0.173. The number of hydrogen-bond donors (Lipinski definition) is 1. The van der Waals surface area contributed by atoms with Gasteiger partial charge in [0, 0.05) is 0 Å². The van der Waals surface area contributed by atoms with Gasteiger partial charge in [-0.15, -0.1) is 0 Å². The number of allylic oxidation sites excluding steroid dienone is 2. The van der Waals surface area contributed by atoms with Crippen molar-refractivity contribution in [3.05, 3.63) is 53.0 Å². The average Bonchev–Trinajstić information content (AvgIpc) is 2.19. The summed E-state index contributed by atoms with van der Waals surface area (Å²) in [6, 6.07) is 5.01. The van der Waals surface area contributed by atoms with Gasteiger partial charge in [0.2, 0.25) is 0 Å². The largest absolute Gasteiger partial charge is 0.404 e. The van der Waals surface area contributed by atoms with Crippen molar-refractivity contribution in [1.82, 2.24) is 0 Å². The molecule has 0 fully saturated rings. The molecule has 14 heavy (non-hydrogen) atoms. The van der Waals surface area contributed by atoms with Crippen LogP contribution in [-0.4, -0.2) is 0 Å². The first-order chi connectivity index (χ1) is 6.63. The van der Waals surface area contributed by atoms with Gasteiger partial charge >= 0.3 is 0 Å². The number of hydrogen-bond acceptors (Lipinski definition) is 1. The first-order valence-corrected chi connectivity index (χ1v) is 4.46. The monoisotopic (exact) mass is 191 g/mol. The lowest BCUT2D eigenvalue weighted by Gasteiger charge is -1.98. The first kappa shape index (κ1) is 10.5. The summed E-state index contributed by atoms with van der Waals surface area (Å²) >= 11 is 0. The van der Waals surface area contributed by atoms with Crippen LogP contribution in [0.2, 0.25) is 0 Å². The number of nitrogens with two attached hydrogens (primary N) is 1. The van der Waals surface area contributed by atoms with E-state index in [9.17, 15) is 4.39 Å². The zero-order chi connectivity index (χ0) is 10.6. The molecular weight excluding hydrogens is 177 g/mol. The van der Waals surface area contributed by atoms with Crippen LogP contribution in [0.5, 0.6) is 0 Å². The second-order valence-corrected chi connectivity index (χ2v) is 3.25. The van der Waals surface area contributed by atoms with Crippen LogP contribution < -0.4 is 5.73 Å². The van der Waals surface area contributed by atoms with Gasteiger partial charge in [-0.25, -0.2) is 4.39 Å². The second kappa shape index (κ2) is 4.61. The van der Waals surface area contributed by atoms with Crippen molar-refractivity contribution < 1.29 is 4.39 Å². The van der Waals surface area contributed by atoms with E-state index < -0.39 is 0 Å². The van der Waals surface area contributed by atoms with Gasteiger partial charge in [0.25, 0.3) is 0 Å². The van der Waals surface area contributed by atoms with E-state index in [4.69, 9.17) is 5.73 Å². The third-order valence-electron chi connectivity index (χ3n) is 1.98. The highest BCUT2D eigenvalue weighted by Crippen LogP contribution is 2.11. The first-order valence-electron chi connectivity index (χ1n) is 4.46. The van der Waals surface area contributed by atoms with Gasteiger partial charge < -0.3 is 5.73 Å². The molecule has 0 radical (unpaired) electrons. The molecule has 2 N–H and O–H groups in total. The maximum absolute atomic E-state index is 12.9. The quantitative estimate of drug-likeness (QED) is 0.714. The molecular formula is C12H14FN. The number of rotatable bonds is 2. The van der Waals surface area contributed by atoms with Crippen LogP contribution in [-0.2, 0) is 0 Å². The lowest BCUT2D eigenvalue weighted by Crippen LogP contribution is -1.83. The molecule has 0 aliphatic carbocycles. The summed E-state index contributed by atoms with van der Waals surface area (Å²) in [6.45, 7) is 3.66. The van der Waals surface area contributed by atoms with Crippen LogP contribution in [0, 0.1) is 12.7 Å². The highest BCUT2D eigenvalue weighted by molar-refractivity contribution is 5.53. The predicted octanol–water partition coefficient (Wildman–Crippen LogP) is 3.01. The number of aryl methyl sites for hydroxylation is 1. The van der Waals surface area contributed by atoms with Gasteiger partial charge in [0.1, 0.15) is 5.82 Å². The maximum atomic E-state index is 12.9. The van der Waals surface area contributed by atoms with Crippen molar-refractivity contribution >= 4 is 6.08 Å². The Morgan fingerprint density at radius 2 is 2.14 bits per heavy atom. The topological polar surface area (TPSA) is 26.0 Å². The van der Waals surface area contributed by atoms with Gasteiger partial charge in [-0.1, -0.05) is 18.2 Å². The van der Waals surface area contributed by atoms with Gasteiger partial charge in [-0.05, 0) is 48.9 Å². The molecule has 0 bridgehead atoms. The van der Waals surface area contributed by atoms with Crippen molar-refractivity contribution in [2.45, 2.75) is 13.8 Å². The SMILES string of the molecule is CC(/C=C\c1ccc(F)c(C)c1)=C\N. The van der Waals surface area contributed by atoms with Gasteiger partial charge in [-0.3, -0.25) is 0 Å². The van der Waals surface area contributed by atoms with Crippen LogP contribution in [0.3, 0.4) is 0 Å². The molecule has 1 rings (SSSR count). The minimum atomic E-state index is -0.173. The molecule has 0 heterocycles. The van der Waals surface area contributed by atoms with Crippen molar-refractivity contribution in [1.29, 1.82) is 0 Å². The molecule has 0 unspecified atom stereocenters. The molecule has 0 amide bonds. The van der Waals surface area contributed by atoms with E-state index in [1.54, 1.807) is 19.1 Å². The van der Waals surface area contributed by atoms with E-state index in [0.29, 0.717) is 5.56 Å². The van der Waals surface area contributed by atoms with Gasteiger partial charge in [0.05, 0.1) is 0 Å². The zero-order valence-electron chi connectivity index (χ0n) is 8.42. The smallest absolute Gasteiger partial charge is 0.126 e. The molecule has 0 aliphatic rings. The molecule has 0 saturated heterocycles. The van der Waals surface area contributed by atoms with E-state index >= 15 is 0 Å². The zero-order valence-corrected chi connectivity index (χ0v) is 8.42. The highest BCUT2D eigenvalue weighted by atomic mass is 19.1. The molecule has 2 heteroatoms. The molecule has 74 valence electrons. The Balaban J connectivity index is 2.88. The fraction of sp³-hybridized carbons (Fsp3) is 0.167. The van der Waals surface area contributed by atoms with Crippen molar-refractivity contribution in [2.75, 3.05) is 0 Å². The minimum absolute atomic E-state index is 0.173. The van der Waals surface area contributed by atoms with Crippen molar-refractivity contribution in [3.63, 3.8) is 0 Å². The van der Waals surface area contributed by atoms with E-state index in [0.717, 1.165) is 11.1 Å². The summed E-state index contributed by atoms with van der Waals surface area (Å²) in [4.78, 5) is 0. The minimum Gasteiger partial charge on any atom is -0.404 e. The molecule has 1 aromatic carbocycles. The molecule has 1 aromatic rings. The normalized spacial score (nSPS) is 12.4. The average molecular weight is 191 g/mol. The summed E-state index contributed by atoms with van der Waals surface area (Å²) in [5, 5.41) is 0. The molecule has 0 aromatic heterocycles. The number of halogens is 1. The summed E-state index contributed by atoms with van der Waals surface area (Å²) in [5.41, 5.74) is 7.93. The molecule has 0 spiro atoms. The van der Waals surface area contributed by atoms with E-state index in [1.807, 2.05) is 19.1 Å². The Bertz CT molecular complexity index is 378. The standard InChI is InChI=1S/C12H14FN/c1-9(8-14)3-4-11-5-6-12(13)10(2)7-11/h3-8H,14H2,1-2H3/b4-3-,9-8+. The molecule has 0 saturated carbocycles. The van der Waals surface area contributed by atoms with E-state index in [-0.39, 0.29) is 5.82 Å². The predicted molar refractivity (Wildman–Crippen MR) is 58.1 cm³/mol. The Kier molecular flexibility index (Phi) is 3.46. The van der Waals surface area contributed by atoms with E-state index in [2.05, 4.69) is 0 Å². The lowest BCUT2D eigenvalue weighted by molar-refractivity contribution is 0.618. The Morgan fingerprint density at radius 1 is 1.43 bits per heavy atom. The second-order valence-electron chi connectivity index (χ2n) is 3.25. The molecule has 1 nitrogen and oxygen atoms in total. The Morgan fingerprint density at radius 3 is 2.71 bits per heavy atom.